The molecule has 1 heterocycles. The molecule has 0 saturated heterocycles. The number of anilines is 1. The number of carbonyl (C=O) groups is 2. The zero-order valence-corrected chi connectivity index (χ0v) is 14.7. The van der Waals surface area contributed by atoms with Crippen molar-refractivity contribution in [2.75, 3.05) is 5.32 Å². The van der Waals surface area contributed by atoms with Crippen LogP contribution in [0, 0.1) is 0 Å². The first kappa shape index (κ1) is 17.2. The highest BCUT2D eigenvalue weighted by Crippen LogP contribution is 2.23. The zero-order valence-electron chi connectivity index (χ0n) is 13.2. The maximum atomic E-state index is 12.4. The average molecular weight is 371 g/mol. The molecule has 0 unspecified atom stereocenters. The molecule has 0 saturated carbocycles. The van der Waals surface area contributed by atoms with E-state index in [1.54, 1.807) is 47.8 Å². The smallest absolute Gasteiger partial charge is 0.263 e. The van der Waals surface area contributed by atoms with Crippen LogP contribution in [0.25, 0.3) is 0 Å². The van der Waals surface area contributed by atoms with Crippen LogP contribution >= 0.6 is 22.9 Å². The van der Waals surface area contributed by atoms with Crippen LogP contribution in [0.15, 0.2) is 66.0 Å². The Morgan fingerprint density at radius 1 is 0.920 bits per heavy atom. The highest BCUT2D eigenvalue weighted by Gasteiger charge is 2.15. The molecule has 2 amide bonds. The van der Waals surface area contributed by atoms with Gasteiger partial charge in [-0.25, -0.2) is 0 Å². The largest absolute Gasteiger partial charge is 0.347 e. The minimum atomic E-state index is -0.245. The molecular formula is C19H15ClN2O2S. The second kappa shape index (κ2) is 7.96. The minimum Gasteiger partial charge on any atom is -0.347 e. The monoisotopic (exact) mass is 370 g/mol. The molecule has 25 heavy (non-hydrogen) atoms. The van der Waals surface area contributed by atoms with Crippen molar-refractivity contribution in [1.29, 1.82) is 0 Å². The van der Waals surface area contributed by atoms with Crippen molar-refractivity contribution in [3.63, 3.8) is 0 Å². The summed E-state index contributed by atoms with van der Waals surface area (Å²) in [6, 6.07) is 17.9. The second-order valence-corrected chi connectivity index (χ2v) is 6.65. The van der Waals surface area contributed by atoms with Crippen molar-refractivity contribution in [3.05, 3.63) is 87.1 Å². The third-order valence-corrected chi connectivity index (χ3v) is 4.69. The summed E-state index contributed by atoms with van der Waals surface area (Å²) in [5.41, 5.74) is 2.00. The van der Waals surface area contributed by atoms with Crippen LogP contribution in [-0.4, -0.2) is 11.8 Å². The fourth-order valence-electron chi connectivity index (χ4n) is 2.23. The van der Waals surface area contributed by atoms with Crippen molar-refractivity contribution in [3.8, 4) is 0 Å². The van der Waals surface area contributed by atoms with Gasteiger partial charge in [0.25, 0.3) is 11.8 Å². The van der Waals surface area contributed by atoms with Crippen molar-refractivity contribution in [2.45, 2.75) is 6.54 Å². The molecule has 1 aromatic heterocycles. The number of rotatable bonds is 5. The average Bonchev–Trinajstić information content (AvgIpc) is 3.10. The Morgan fingerprint density at radius 3 is 2.36 bits per heavy atom. The fourth-order valence-corrected chi connectivity index (χ4v) is 3.12. The highest BCUT2D eigenvalue weighted by molar-refractivity contribution is 7.12. The fraction of sp³-hybridized carbons (Fsp3) is 0.0526. The Kier molecular flexibility index (Phi) is 5.48. The Labute approximate surface area is 154 Å². The van der Waals surface area contributed by atoms with E-state index in [1.807, 2.05) is 18.2 Å². The van der Waals surface area contributed by atoms with E-state index in [2.05, 4.69) is 10.6 Å². The zero-order chi connectivity index (χ0) is 17.6. The molecule has 3 rings (SSSR count). The minimum absolute atomic E-state index is 0.228. The van der Waals surface area contributed by atoms with Crippen LogP contribution < -0.4 is 10.6 Å². The van der Waals surface area contributed by atoms with Gasteiger partial charge in [-0.05, 0) is 41.3 Å². The molecule has 0 aliphatic carbocycles. The predicted molar refractivity (Wildman–Crippen MR) is 101 cm³/mol. The van der Waals surface area contributed by atoms with E-state index >= 15 is 0 Å². The van der Waals surface area contributed by atoms with E-state index in [4.69, 9.17) is 11.6 Å². The number of hydrogen-bond donors (Lipinski definition) is 2. The van der Waals surface area contributed by atoms with Crippen LogP contribution in [0.1, 0.15) is 25.6 Å². The Hall–Kier alpha value is -2.63. The van der Waals surface area contributed by atoms with Gasteiger partial charge in [-0.15, -0.1) is 11.3 Å². The first-order valence-electron chi connectivity index (χ1n) is 7.60. The van der Waals surface area contributed by atoms with Crippen LogP contribution in [-0.2, 0) is 6.54 Å². The molecule has 0 atom stereocenters. The topological polar surface area (TPSA) is 58.2 Å². The van der Waals surface area contributed by atoms with Gasteiger partial charge in [0, 0.05) is 17.1 Å². The van der Waals surface area contributed by atoms with E-state index in [0.717, 1.165) is 5.56 Å². The number of thiophene rings is 1. The molecule has 3 aromatic rings. The maximum Gasteiger partial charge on any atom is 0.263 e. The molecular weight excluding hydrogens is 356 g/mol. The normalized spacial score (nSPS) is 10.3. The second-order valence-electron chi connectivity index (χ2n) is 5.29. The highest BCUT2D eigenvalue weighted by atomic mass is 35.5. The third-order valence-electron chi connectivity index (χ3n) is 3.52. The van der Waals surface area contributed by atoms with E-state index in [0.29, 0.717) is 27.7 Å². The van der Waals surface area contributed by atoms with E-state index in [-0.39, 0.29) is 11.8 Å². The summed E-state index contributed by atoms with van der Waals surface area (Å²) in [4.78, 5) is 25.1. The maximum absolute atomic E-state index is 12.4. The van der Waals surface area contributed by atoms with Crippen molar-refractivity contribution in [1.82, 2.24) is 5.32 Å². The van der Waals surface area contributed by atoms with Crippen LogP contribution in [0.4, 0.5) is 5.69 Å². The Bertz CT molecular complexity index is 876. The van der Waals surface area contributed by atoms with Gasteiger partial charge >= 0.3 is 0 Å². The number of hydrogen-bond acceptors (Lipinski definition) is 3. The lowest BCUT2D eigenvalue weighted by Gasteiger charge is -2.08. The Morgan fingerprint density at radius 2 is 1.64 bits per heavy atom. The molecule has 0 aliphatic rings. The number of benzene rings is 2. The summed E-state index contributed by atoms with van der Waals surface area (Å²) in [5, 5.41) is 8.07. The lowest BCUT2D eigenvalue weighted by atomic mass is 10.2. The first-order valence-corrected chi connectivity index (χ1v) is 8.86. The van der Waals surface area contributed by atoms with Gasteiger partial charge in [0.15, 0.2) is 0 Å². The SMILES string of the molecule is O=C(Nc1ccsc1C(=O)NCc1ccc(Cl)cc1)c1ccccc1. The van der Waals surface area contributed by atoms with Crippen molar-refractivity contribution in [2.24, 2.45) is 0 Å². The quantitative estimate of drug-likeness (QED) is 0.690. The molecule has 2 N–H and O–H groups in total. The Balaban J connectivity index is 1.65. The standard InChI is InChI=1S/C19H15ClN2O2S/c20-15-8-6-13(7-9-15)12-21-19(24)17-16(10-11-25-17)22-18(23)14-4-2-1-3-5-14/h1-11H,12H2,(H,21,24)(H,22,23). The predicted octanol–water partition coefficient (Wildman–Crippen LogP) is 4.58. The molecule has 126 valence electrons. The number of amides is 2. The molecule has 4 nitrogen and oxygen atoms in total. The summed E-state index contributed by atoms with van der Waals surface area (Å²) in [5.74, 6) is -0.473. The van der Waals surface area contributed by atoms with Crippen molar-refractivity contribution >= 4 is 40.4 Å². The number of nitrogens with one attached hydrogen (secondary N) is 2. The molecule has 0 spiro atoms. The summed E-state index contributed by atoms with van der Waals surface area (Å²) in [7, 11) is 0. The van der Waals surface area contributed by atoms with Gasteiger partial charge in [-0.1, -0.05) is 41.9 Å². The van der Waals surface area contributed by atoms with Crippen LogP contribution in [0.5, 0.6) is 0 Å². The van der Waals surface area contributed by atoms with Crippen LogP contribution in [0.2, 0.25) is 5.02 Å². The van der Waals surface area contributed by atoms with Gasteiger partial charge in [0.1, 0.15) is 4.88 Å². The van der Waals surface area contributed by atoms with E-state index in [9.17, 15) is 9.59 Å². The number of halogens is 1. The summed E-state index contributed by atoms with van der Waals surface area (Å²) >= 11 is 7.13. The van der Waals surface area contributed by atoms with Crippen molar-refractivity contribution < 1.29 is 9.59 Å². The van der Waals surface area contributed by atoms with Gasteiger partial charge in [0.2, 0.25) is 0 Å². The molecule has 2 aromatic carbocycles. The summed E-state index contributed by atoms with van der Waals surface area (Å²) < 4.78 is 0. The van der Waals surface area contributed by atoms with Crippen LogP contribution in [0.3, 0.4) is 0 Å². The number of carbonyl (C=O) groups excluding carboxylic acids is 2. The lowest BCUT2D eigenvalue weighted by Crippen LogP contribution is -2.23. The van der Waals surface area contributed by atoms with Gasteiger partial charge < -0.3 is 10.6 Å². The van der Waals surface area contributed by atoms with E-state index in [1.165, 1.54) is 11.3 Å². The molecule has 0 bridgehead atoms. The van der Waals surface area contributed by atoms with Gasteiger partial charge in [-0.2, -0.15) is 0 Å². The van der Waals surface area contributed by atoms with E-state index < -0.39 is 0 Å². The summed E-state index contributed by atoms with van der Waals surface area (Å²) in [6.07, 6.45) is 0. The third kappa shape index (κ3) is 4.47. The molecule has 0 radical (unpaired) electrons. The molecule has 0 fully saturated rings. The first-order chi connectivity index (χ1) is 12.1. The molecule has 6 heteroatoms. The molecule has 0 aliphatic heterocycles. The summed E-state index contributed by atoms with van der Waals surface area (Å²) in [6.45, 7) is 0.389. The van der Waals surface area contributed by atoms with Gasteiger partial charge in [0.05, 0.1) is 5.69 Å². The van der Waals surface area contributed by atoms with Gasteiger partial charge in [-0.3, -0.25) is 9.59 Å². The lowest BCUT2D eigenvalue weighted by molar-refractivity contribution is 0.0956.